The van der Waals surface area contributed by atoms with Gasteiger partial charge in [-0.3, -0.25) is 4.79 Å². The van der Waals surface area contributed by atoms with E-state index in [4.69, 9.17) is 17.3 Å². The van der Waals surface area contributed by atoms with E-state index in [9.17, 15) is 9.18 Å². The molecule has 0 heterocycles. The summed E-state index contributed by atoms with van der Waals surface area (Å²) in [6.45, 7) is 0.696. The monoisotopic (exact) mass is 284 g/mol. The number of amides is 1. The average molecular weight is 285 g/mol. The number of nitrogens with two attached hydrogens (primary N) is 1. The van der Waals surface area contributed by atoms with Crippen LogP contribution >= 0.6 is 11.6 Å². The fraction of sp³-hybridized carbons (Fsp3) is 0.500. The van der Waals surface area contributed by atoms with E-state index in [1.807, 2.05) is 0 Å². The van der Waals surface area contributed by atoms with Crippen molar-refractivity contribution in [2.24, 2.45) is 17.6 Å². The molecule has 0 unspecified atom stereocenters. The molecule has 0 spiro atoms. The molecule has 1 aromatic rings. The topological polar surface area (TPSA) is 55.1 Å². The molecule has 5 heteroatoms. The molecule has 0 aromatic heterocycles. The Labute approximate surface area is 117 Å². The smallest absolute Gasteiger partial charge is 0.227 e. The van der Waals surface area contributed by atoms with Gasteiger partial charge in [0.15, 0.2) is 0 Å². The number of benzene rings is 1. The Morgan fingerprint density at radius 1 is 1.37 bits per heavy atom. The molecule has 104 valence electrons. The van der Waals surface area contributed by atoms with Crippen LogP contribution in [0.5, 0.6) is 0 Å². The number of carbonyl (C=O) groups is 1. The molecule has 0 saturated heterocycles. The Kier molecular flexibility index (Phi) is 4.77. The SMILES string of the molecule is NCC1CCC(C(=O)Nc2ccc(F)c(Cl)c2)CC1. The summed E-state index contributed by atoms with van der Waals surface area (Å²) in [5.41, 5.74) is 6.17. The maximum Gasteiger partial charge on any atom is 0.227 e. The van der Waals surface area contributed by atoms with Crippen molar-refractivity contribution in [3.63, 3.8) is 0 Å². The quantitative estimate of drug-likeness (QED) is 0.896. The van der Waals surface area contributed by atoms with Gasteiger partial charge in [0.2, 0.25) is 5.91 Å². The molecule has 1 fully saturated rings. The minimum Gasteiger partial charge on any atom is -0.330 e. The van der Waals surface area contributed by atoms with Crippen molar-refractivity contribution in [1.29, 1.82) is 0 Å². The van der Waals surface area contributed by atoms with Crippen LogP contribution in [-0.2, 0) is 4.79 Å². The van der Waals surface area contributed by atoms with E-state index in [-0.39, 0.29) is 16.8 Å². The second-order valence-corrected chi connectivity index (χ2v) is 5.48. The van der Waals surface area contributed by atoms with Crippen LogP contribution in [0.25, 0.3) is 0 Å². The van der Waals surface area contributed by atoms with Crippen molar-refractivity contribution in [3.05, 3.63) is 29.0 Å². The number of carbonyl (C=O) groups excluding carboxylic acids is 1. The van der Waals surface area contributed by atoms with Gasteiger partial charge in [-0.2, -0.15) is 0 Å². The first-order chi connectivity index (χ1) is 9.10. The van der Waals surface area contributed by atoms with Crippen molar-refractivity contribution in [2.45, 2.75) is 25.7 Å². The van der Waals surface area contributed by atoms with Gasteiger partial charge in [0.05, 0.1) is 5.02 Å². The standard InChI is InChI=1S/C14H18ClFN2O/c15-12-7-11(5-6-13(12)16)18-14(19)10-3-1-9(8-17)2-4-10/h5-7,9-10H,1-4,8,17H2,(H,18,19). The Morgan fingerprint density at radius 2 is 2.05 bits per heavy atom. The van der Waals surface area contributed by atoms with Gasteiger partial charge >= 0.3 is 0 Å². The minimum absolute atomic E-state index is 0.0156. The zero-order valence-corrected chi connectivity index (χ0v) is 11.4. The summed E-state index contributed by atoms with van der Waals surface area (Å²) in [6, 6.07) is 4.20. The van der Waals surface area contributed by atoms with E-state index >= 15 is 0 Å². The molecule has 0 aliphatic heterocycles. The number of halogens is 2. The molecular weight excluding hydrogens is 267 g/mol. The molecular formula is C14H18ClFN2O. The molecule has 19 heavy (non-hydrogen) atoms. The molecule has 0 bridgehead atoms. The van der Waals surface area contributed by atoms with Crippen LogP contribution in [0.4, 0.5) is 10.1 Å². The van der Waals surface area contributed by atoms with E-state index in [2.05, 4.69) is 5.32 Å². The van der Waals surface area contributed by atoms with Gasteiger partial charge in [-0.1, -0.05) is 11.6 Å². The third-order valence-corrected chi connectivity index (χ3v) is 4.03. The van der Waals surface area contributed by atoms with E-state index < -0.39 is 5.82 Å². The molecule has 3 nitrogen and oxygen atoms in total. The predicted molar refractivity (Wildman–Crippen MR) is 74.5 cm³/mol. The molecule has 3 N–H and O–H groups in total. The number of rotatable bonds is 3. The van der Waals surface area contributed by atoms with Crippen LogP contribution in [0.15, 0.2) is 18.2 Å². The van der Waals surface area contributed by atoms with Crippen molar-refractivity contribution < 1.29 is 9.18 Å². The van der Waals surface area contributed by atoms with Crippen molar-refractivity contribution in [3.8, 4) is 0 Å². The number of nitrogens with one attached hydrogen (secondary N) is 1. The molecule has 1 amide bonds. The Balaban J connectivity index is 1.92. The highest BCUT2D eigenvalue weighted by molar-refractivity contribution is 6.31. The lowest BCUT2D eigenvalue weighted by molar-refractivity contribution is -0.121. The summed E-state index contributed by atoms with van der Waals surface area (Å²) in [6.07, 6.45) is 3.72. The zero-order chi connectivity index (χ0) is 13.8. The summed E-state index contributed by atoms with van der Waals surface area (Å²) in [5, 5.41) is 2.81. The number of anilines is 1. The van der Waals surface area contributed by atoms with Crippen LogP contribution in [-0.4, -0.2) is 12.5 Å². The first-order valence-corrected chi connectivity index (χ1v) is 6.94. The predicted octanol–water partition coefficient (Wildman–Crippen LogP) is 3.18. The molecule has 1 saturated carbocycles. The third kappa shape index (κ3) is 3.67. The lowest BCUT2D eigenvalue weighted by Gasteiger charge is -2.26. The maximum atomic E-state index is 13.0. The lowest BCUT2D eigenvalue weighted by Crippen LogP contribution is -2.29. The first-order valence-electron chi connectivity index (χ1n) is 6.56. The summed E-state index contributed by atoms with van der Waals surface area (Å²) in [5.74, 6) is 0.0669. The normalized spacial score (nSPS) is 23.1. The van der Waals surface area contributed by atoms with Gasteiger partial charge in [-0.25, -0.2) is 4.39 Å². The largest absolute Gasteiger partial charge is 0.330 e. The number of hydrogen-bond donors (Lipinski definition) is 2. The van der Waals surface area contributed by atoms with Crippen molar-refractivity contribution in [2.75, 3.05) is 11.9 Å². The maximum absolute atomic E-state index is 13.0. The van der Waals surface area contributed by atoms with E-state index in [1.54, 1.807) is 0 Å². The molecule has 0 radical (unpaired) electrons. The van der Waals surface area contributed by atoms with E-state index in [0.717, 1.165) is 25.7 Å². The highest BCUT2D eigenvalue weighted by atomic mass is 35.5. The van der Waals surface area contributed by atoms with Gasteiger partial charge < -0.3 is 11.1 Å². The van der Waals surface area contributed by atoms with E-state index in [1.165, 1.54) is 18.2 Å². The first kappa shape index (κ1) is 14.3. The van der Waals surface area contributed by atoms with E-state index in [0.29, 0.717) is 18.2 Å². The molecule has 1 aromatic carbocycles. The average Bonchev–Trinajstić information content (AvgIpc) is 2.43. The van der Waals surface area contributed by atoms with Gasteiger partial charge in [-0.05, 0) is 56.3 Å². The summed E-state index contributed by atoms with van der Waals surface area (Å²) in [7, 11) is 0. The zero-order valence-electron chi connectivity index (χ0n) is 10.7. The Hall–Kier alpha value is -1.13. The Morgan fingerprint density at radius 3 is 2.63 bits per heavy atom. The summed E-state index contributed by atoms with van der Waals surface area (Å²) in [4.78, 5) is 12.1. The third-order valence-electron chi connectivity index (χ3n) is 3.74. The van der Waals surface area contributed by atoms with Gasteiger partial charge in [0.25, 0.3) is 0 Å². The highest BCUT2D eigenvalue weighted by Crippen LogP contribution is 2.29. The van der Waals surface area contributed by atoms with Crippen LogP contribution in [0.1, 0.15) is 25.7 Å². The second-order valence-electron chi connectivity index (χ2n) is 5.07. The minimum atomic E-state index is -0.483. The Bertz CT molecular complexity index is 459. The fourth-order valence-electron chi connectivity index (χ4n) is 2.48. The summed E-state index contributed by atoms with van der Waals surface area (Å²) >= 11 is 5.68. The fourth-order valence-corrected chi connectivity index (χ4v) is 2.66. The molecule has 1 aliphatic rings. The van der Waals surface area contributed by atoms with Gasteiger partial charge in [-0.15, -0.1) is 0 Å². The van der Waals surface area contributed by atoms with Crippen molar-refractivity contribution >= 4 is 23.2 Å². The summed E-state index contributed by atoms with van der Waals surface area (Å²) < 4.78 is 13.0. The second kappa shape index (κ2) is 6.35. The molecule has 1 aliphatic carbocycles. The van der Waals surface area contributed by atoms with Crippen LogP contribution < -0.4 is 11.1 Å². The van der Waals surface area contributed by atoms with Crippen LogP contribution in [0.2, 0.25) is 5.02 Å². The van der Waals surface area contributed by atoms with Gasteiger partial charge in [0.1, 0.15) is 5.82 Å². The van der Waals surface area contributed by atoms with Gasteiger partial charge in [0, 0.05) is 11.6 Å². The highest BCUT2D eigenvalue weighted by Gasteiger charge is 2.25. The number of hydrogen-bond acceptors (Lipinski definition) is 2. The lowest BCUT2D eigenvalue weighted by atomic mass is 9.81. The molecule has 2 rings (SSSR count). The molecule has 0 atom stereocenters. The van der Waals surface area contributed by atoms with Crippen molar-refractivity contribution in [1.82, 2.24) is 0 Å². The van der Waals surface area contributed by atoms with Crippen LogP contribution in [0.3, 0.4) is 0 Å². The van der Waals surface area contributed by atoms with Crippen LogP contribution in [0, 0.1) is 17.7 Å².